The van der Waals surface area contributed by atoms with Crippen LogP contribution >= 0.6 is 0 Å². The molecule has 0 fully saturated rings. The minimum absolute atomic E-state index is 0.843. The van der Waals surface area contributed by atoms with Gasteiger partial charge in [-0.05, 0) is 17.8 Å². The van der Waals surface area contributed by atoms with Gasteiger partial charge in [0.1, 0.15) is 0 Å². The average molecular weight is 204 g/mol. The summed E-state index contributed by atoms with van der Waals surface area (Å²) in [6, 6.07) is 0. The molecule has 0 rings (SSSR count). The molecule has 0 unspecified atom stereocenters. The van der Waals surface area contributed by atoms with E-state index in [0.29, 0.717) is 0 Å². The molecule has 0 bridgehead atoms. The molecule has 0 saturated carbocycles. The number of hydrogen-bond acceptors (Lipinski definition) is 0. The van der Waals surface area contributed by atoms with Gasteiger partial charge in [-0.2, -0.15) is 0 Å². The fraction of sp³-hybridized carbons (Fsp3) is 1.00. The van der Waals surface area contributed by atoms with Crippen molar-refractivity contribution in [1.29, 1.82) is 0 Å². The van der Waals surface area contributed by atoms with Gasteiger partial charge in [-0.15, -0.1) is 0 Å². The van der Waals surface area contributed by atoms with Crippen LogP contribution < -0.4 is 0 Å². The first-order chi connectivity index (χ1) is 6.55. The third-order valence-electron chi connectivity index (χ3n) is 2.10. The molecule has 14 heavy (non-hydrogen) atoms. The van der Waals surface area contributed by atoms with E-state index in [1.165, 1.54) is 0 Å². The maximum atomic E-state index is 2.31. The van der Waals surface area contributed by atoms with Crippen molar-refractivity contribution in [3.8, 4) is 0 Å². The van der Waals surface area contributed by atoms with Gasteiger partial charge in [0, 0.05) is 0 Å². The number of hydrogen-bond donors (Lipinski definition) is 0. The van der Waals surface area contributed by atoms with Crippen LogP contribution in [0.5, 0.6) is 0 Å². The highest BCUT2D eigenvalue weighted by Crippen LogP contribution is 2.18. The van der Waals surface area contributed by atoms with Crippen LogP contribution in [0.3, 0.4) is 0 Å². The molecule has 0 N–H and O–H groups in total. The second-order valence-corrected chi connectivity index (χ2v) is 3.35. The summed E-state index contributed by atoms with van der Waals surface area (Å²) in [4.78, 5) is 0. The van der Waals surface area contributed by atoms with Crippen LogP contribution in [0.2, 0.25) is 0 Å². The van der Waals surface area contributed by atoms with Crippen LogP contribution in [-0.4, -0.2) is 0 Å². The van der Waals surface area contributed by atoms with E-state index in [-0.39, 0.29) is 0 Å². The predicted octanol–water partition coefficient (Wildman–Crippen LogP) is 6.01. The molecule has 0 heteroatoms. The van der Waals surface area contributed by atoms with Crippen LogP contribution in [0.15, 0.2) is 0 Å². The quantitative estimate of drug-likeness (QED) is 0.516. The minimum Gasteiger partial charge on any atom is -0.0683 e. The summed E-state index contributed by atoms with van der Waals surface area (Å²) in [5.74, 6) is 2.56. The van der Waals surface area contributed by atoms with Crippen molar-refractivity contribution >= 4 is 0 Å². The molecule has 0 aliphatic rings. The van der Waals surface area contributed by atoms with Gasteiger partial charge in [0.2, 0.25) is 0 Å². The summed E-state index contributed by atoms with van der Waals surface area (Å²) in [6.45, 7) is 23.4. The third-order valence-corrected chi connectivity index (χ3v) is 2.10. The van der Waals surface area contributed by atoms with Crippen molar-refractivity contribution in [1.82, 2.24) is 0 Å². The van der Waals surface area contributed by atoms with E-state index in [9.17, 15) is 0 Å². The van der Waals surface area contributed by atoms with Crippen molar-refractivity contribution in [2.45, 2.75) is 76.2 Å². The first-order valence-electron chi connectivity index (χ1n) is 6.55. The largest absolute Gasteiger partial charge is 0.0683 e. The molecule has 0 aromatic heterocycles. The highest BCUT2D eigenvalue weighted by Gasteiger charge is 2.09. The Morgan fingerprint density at radius 3 is 0.571 bits per heavy atom. The molecule has 0 nitrogen and oxygen atoms in total. The Morgan fingerprint density at radius 1 is 0.429 bits per heavy atom. The fourth-order valence-corrected chi connectivity index (χ4v) is 0.770. The molecule has 0 amide bonds. The van der Waals surface area contributed by atoms with E-state index < -0.39 is 0 Å². The lowest BCUT2D eigenvalue weighted by Gasteiger charge is -2.18. The second kappa shape index (κ2) is 23.1. The Morgan fingerprint density at radius 2 is 0.571 bits per heavy atom. The summed E-state index contributed by atoms with van der Waals surface area (Å²) >= 11 is 0. The Hall–Kier alpha value is 0. The van der Waals surface area contributed by atoms with E-state index in [0.717, 1.165) is 17.8 Å². The van der Waals surface area contributed by atoms with Crippen LogP contribution in [-0.2, 0) is 0 Å². The van der Waals surface area contributed by atoms with E-state index >= 15 is 0 Å². The molecule has 0 spiro atoms. The summed E-state index contributed by atoms with van der Waals surface area (Å²) in [6.07, 6.45) is 0. The van der Waals surface area contributed by atoms with Gasteiger partial charge in [0.25, 0.3) is 0 Å². The van der Waals surface area contributed by atoms with Gasteiger partial charge >= 0.3 is 0 Å². The Labute approximate surface area is 94.5 Å². The highest BCUT2D eigenvalue weighted by atomic mass is 14.2. The zero-order valence-electron chi connectivity index (χ0n) is 12.7. The Balaban J connectivity index is -0.0000000708. The van der Waals surface area contributed by atoms with E-state index in [4.69, 9.17) is 0 Å². The van der Waals surface area contributed by atoms with Gasteiger partial charge in [0.05, 0.1) is 0 Å². The molecule has 0 aromatic carbocycles. The molecule has 0 aliphatic heterocycles. The zero-order chi connectivity index (χ0) is 12.7. The predicted molar refractivity (Wildman–Crippen MR) is 72.9 cm³/mol. The van der Waals surface area contributed by atoms with Gasteiger partial charge in [-0.1, -0.05) is 76.2 Å². The van der Waals surface area contributed by atoms with Gasteiger partial charge in [0.15, 0.2) is 0 Å². The average Bonchev–Trinajstić information content (AvgIpc) is 2.25. The van der Waals surface area contributed by atoms with E-state index in [2.05, 4.69) is 34.6 Å². The molecule has 92 valence electrons. The van der Waals surface area contributed by atoms with Crippen LogP contribution in [0.1, 0.15) is 76.2 Å². The molecule has 0 aliphatic carbocycles. The zero-order valence-corrected chi connectivity index (χ0v) is 12.7. The lowest BCUT2D eigenvalue weighted by atomic mass is 9.88. The van der Waals surface area contributed by atoms with Gasteiger partial charge in [-0.25, -0.2) is 0 Å². The summed E-state index contributed by atoms with van der Waals surface area (Å²) < 4.78 is 0. The topological polar surface area (TPSA) is 0 Å². The molecular formula is C14H36. The van der Waals surface area contributed by atoms with Gasteiger partial charge in [-0.3, -0.25) is 0 Å². The highest BCUT2D eigenvalue weighted by molar-refractivity contribution is 4.59. The standard InChI is InChI=1S/C8H18.3C2H6/c1-6(2)8(5)7(3)4;3*1-2/h6-8H,1-5H3;3*1-2H3. The van der Waals surface area contributed by atoms with Crippen LogP contribution in [0.25, 0.3) is 0 Å². The third kappa shape index (κ3) is 22.7. The Bertz CT molecular complexity index is 45.1. The van der Waals surface area contributed by atoms with Crippen LogP contribution in [0, 0.1) is 17.8 Å². The molecule has 0 atom stereocenters. The second-order valence-electron chi connectivity index (χ2n) is 3.35. The summed E-state index contributed by atoms with van der Waals surface area (Å²) in [5.41, 5.74) is 0. The molecule has 0 aromatic rings. The van der Waals surface area contributed by atoms with Crippen LogP contribution in [0.4, 0.5) is 0 Å². The first kappa shape index (κ1) is 23.7. The summed E-state index contributed by atoms with van der Waals surface area (Å²) in [5, 5.41) is 0. The lowest BCUT2D eigenvalue weighted by molar-refractivity contribution is 0.316. The minimum atomic E-state index is 0.843. The molecule has 0 heterocycles. The molecule has 0 radical (unpaired) electrons. The smallest absolute Gasteiger partial charge is 0.0396 e. The normalized spacial score (nSPS) is 8.14. The fourth-order valence-electron chi connectivity index (χ4n) is 0.770. The van der Waals surface area contributed by atoms with Crippen molar-refractivity contribution in [2.24, 2.45) is 17.8 Å². The Kier molecular flexibility index (Phi) is 39.1. The molecular weight excluding hydrogens is 168 g/mol. The number of rotatable bonds is 2. The van der Waals surface area contributed by atoms with Crippen molar-refractivity contribution in [3.63, 3.8) is 0 Å². The van der Waals surface area contributed by atoms with Gasteiger partial charge < -0.3 is 0 Å². The first-order valence-corrected chi connectivity index (χ1v) is 6.55. The van der Waals surface area contributed by atoms with Crippen molar-refractivity contribution < 1.29 is 0 Å². The SMILES string of the molecule is CC.CC.CC.CC(C)C(C)C(C)C. The lowest BCUT2D eigenvalue weighted by Crippen LogP contribution is -2.10. The monoisotopic (exact) mass is 204 g/mol. The maximum Gasteiger partial charge on any atom is -0.0396 e. The van der Waals surface area contributed by atoms with E-state index in [1.54, 1.807) is 0 Å². The van der Waals surface area contributed by atoms with Crippen molar-refractivity contribution in [2.75, 3.05) is 0 Å². The maximum absolute atomic E-state index is 2.31. The summed E-state index contributed by atoms with van der Waals surface area (Å²) in [7, 11) is 0. The van der Waals surface area contributed by atoms with Crippen molar-refractivity contribution in [3.05, 3.63) is 0 Å². The molecule has 0 saturated heterocycles. The van der Waals surface area contributed by atoms with E-state index in [1.807, 2.05) is 41.5 Å².